The van der Waals surface area contributed by atoms with Crippen molar-refractivity contribution in [2.75, 3.05) is 37.8 Å². The smallest absolute Gasteiger partial charge is 0.274 e. The second kappa shape index (κ2) is 9.92. The first-order chi connectivity index (χ1) is 12.5. The van der Waals surface area contributed by atoms with E-state index in [1.807, 2.05) is 12.1 Å². The number of nitrogens with one attached hydrogen (secondary N) is 2. The van der Waals surface area contributed by atoms with Gasteiger partial charge in [0.15, 0.2) is 0 Å². The molecule has 0 atom stereocenters. The van der Waals surface area contributed by atoms with Gasteiger partial charge in [-0.25, -0.2) is 4.98 Å². The second-order valence-electron chi connectivity index (χ2n) is 6.63. The third kappa shape index (κ3) is 5.56. The molecule has 1 aromatic heterocycles. The number of anilines is 2. The number of pyridine rings is 1. The molecular formula is C21H30N4O. The van der Waals surface area contributed by atoms with Crippen LogP contribution < -0.4 is 10.6 Å². The Balaban J connectivity index is 2.00. The number of aryl methyl sites for hydroxylation is 2. The number of carbonyl (C=O) groups excluding carboxylic acids is 1. The van der Waals surface area contributed by atoms with E-state index in [0.29, 0.717) is 5.69 Å². The zero-order valence-electron chi connectivity index (χ0n) is 16.3. The second-order valence-corrected chi connectivity index (χ2v) is 6.63. The van der Waals surface area contributed by atoms with Crippen LogP contribution in [-0.4, -0.2) is 43.0 Å². The highest BCUT2D eigenvalue weighted by molar-refractivity contribution is 6.03. The van der Waals surface area contributed by atoms with E-state index in [1.54, 1.807) is 12.3 Å². The van der Waals surface area contributed by atoms with Gasteiger partial charge in [-0.1, -0.05) is 32.0 Å². The highest BCUT2D eigenvalue weighted by Crippen LogP contribution is 2.23. The van der Waals surface area contributed by atoms with E-state index in [-0.39, 0.29) is 5.91 Å². The zero-order chi connectivity index (χ0) is 18.9. The van der Waals surface area contributed by atoms with Crippen LogP contribution in [0.5, 0.6) is 0 Å². The lowest BCUT2D eigenvalue weighted by Gasteiger charge is -2.14. The number of aromatic nitrogens is 1. The molecule has 5 nitrogen and oxygen atoms in total. The molecule has 140 valence electrons. The fourth-order valence-corrected chi connectivity index (χ4v) is 2.84. The summed E-state index contributed by atoms with van der Waals surface area (Å²) in [7, 11) is 4.13. The van der Waals surface area contributed by atoms with Gasteiger partial charge in [0.05, 0.1) is 11.9 Å². The van der Waals surface area contributed by atoms with E-state index in [2.05, 4.69) is 60.6 Å². The average Bonchev–Trinajstić information content (AvgIpc) is 2.65. The van der Waals surface area contributed by atoms with Crippen LogP contribution in [0.25, 0.3) is 0 Å². The highest BCUT2D eigenvalue weighted by atomic mass is 16.1. The first-order valence-electron chi connectivity index (χ1n) is 9.31. The van der Waals surface area contributed by atoms with Crippen LogP contribution in [0.4, 0.5) is 11.4 Å². The fraction of sp³-hybridized carbons (Fsp3) is 0.429. The van der Waals surface area contributed by atoms with E-state index >= 15 is 0 Å². The molecule has 1 amide bonds. The molecule has 2 N–H and O–H groups in total. The molecule has 0 fully saturated rings. The molecule has 0 saturated carbocycles. The van der Waals surface area contributed by atoms with E-state index in [9.17, 15) is 4.79 Å². The standard InChI is InChI=1S/C21H30N4O/c1-5-16-9-7-10-17(6-2)20(16)24-21(26)19-12-11-18(15-23-19)22-13-8-14-25(3)4/h7,9-12,15,22H,5-6,8,13-14H2,1-4H3,(H,24,26). The van der Waals surface area contributed by atoms with Crippen LogP contribution in [0.2, 0.25) is 0 Å². The number of hydrogen-bond acceptors (Lipinski definition) is 4. The van der Waals surface area contributed by atoms with Gasteiger partial charge in [0.1, 0.15) is 5.69 Å². The molecule has 0 unspecified atom stereocenters. The van der Waals surface area contributed by atoms with Crippen LogP contribution in [0.3, 0.4) is 0 Å². The van der Waals surface area contributed by atoms with E-state index < -0.39 is 0 Å². The molecular weight excluding hydrogens is 324 g/mol. The minimum absolute atomic E-state index is 0.167. The summed E-state index contributed by atoms with van der Waals surface area (Å²) >= 11 is 0. The van der Waals surface area contributed by atoms with Crippen molar-refractivity contribution in [1.29, 1.82) is 0 Å². The van der Waals surface area contributed by atoms with Gasteiger partial charge in [0.25, 0.3) is 5.91 Å². The summed E-state index contributed by atoms with van der Waals surface area (Å²) in [6.07, 6.45) is 4.54. The number of amides is 1. The van der Waals surface area contributed by atoms with Gasteiger partial charge in [-0.15, -0.1) is 0 Å². The summed E-state index contributed by atoms with van der Waals surface area (Å²) in [5.74, 6) is -0.167. The average molecular weight is 354 g/mol. The zero-order valence-corrected chi connectivity index (χ0v) is 16.3. The minimum Gasteiger partial charge on any atom is -0.384 e. The third-order valence-electron chi connectivity index (χ3n) is 4.34. The Hall–Kier alpha value is -2.40. The van der Waals surface area contributed by atoms with Gasteiger partial charge in [-0.05, 0) is 63.2 Å². The summed E-state index contributed by atoms with van der Waals surface area (Å²) in [5.41, 5.74) is 4.59. The Bertz CT molecular complexity index is 688. The molecule has 1 heterocycles. The fourth-order valence-electron chi connectivity index (χ4n) is 2.84. The van der Waals surface area contributed by atoms with Crippen molar-refractivity contribution < 1.29 is 4.79 Å². The lowest BCUT2D eigenvalue weighted by Crippen LogP contribution is -2.17. The van der Waals surface area contributed by atoms with Crippen LogP contribution in [0, 0.1) is 0 Å². The number of rotatable bonds is 9. The molecule has 0 spiro atoms. The maximum atomic E-state index is 12.6. The topological polar surface area (TPSA) is 57.3 Å². The molecule has 0 aliphatic heterocycles. The number of hydrogen-bond donors (Lipinski definition) is 2. The molecule has 1 aromatic carbocycles. The summed E-state index contributed by atoms with van der Waals surface area (Å²) < 4.78 is 0. The summed E-state index contributed by atoms with van der Waals surface area (Å²) in [5, 5.41) is 6.39. The Labute approximate surface area is 156 Å². The largest absolute Gasteiger partial charge is 0.384 e. The summed E-state index contributed by atoms with van der Waals surface area (Å²) in [6, 6.07) is 9.84. The molecule has 0 aliphatic carbocycles. The van der Waals surface area contributed by atoms with Crippen LogP contribution in [0.15, 0.2) is 36.5 Å². The molecule has 0 aliphatic rings. The number of nitrogens with zero attached hydrogens (tertiary/aromatic N) is 2. The minimum atomic E-state index is -0.167. The maximum absolute atomic E-state index is 12.6. The first kappa shape index (κ1) is 19.9. The van der Waals surface area contributed by atoms with Crippen molar-refractivity contribution in [3.63, 3.8) is 0 Å². The molecule has 0 saturated heterocycles. The quantitative estimate of drug-likeness (QED) is 0.672. The van der Waals surface area contributed by atoms with E-state index in [0.717, 1.165) is 54.9 Å². The van der Waals surface area contributed by atoms with Gasteiger partial charge in [-0.2, -0.15) is 0 Å². The third-order valence-corrected chi connectivity index (χ3v) is 4.34. The predicted molar refractivity (Wildman–Crippen MR) is 109 cm³/mol. The van der Waals surface area contributed by atoms with Crippen molar-refractivity contribution in [2.45, 2.75) is 33.1 Å². The molecule has 5 heteroatoms. The predicted octanol–water partition coefficient (Wildman–Crippen LogP) is 3.82. The Morgan fingerprint density at radius 1 is 1.08 bits per heavy atom. The van der Waals surface area contributed by atoms with Crippen molar-refractivity contribution in [1.82, 2.24) is 9.88 Å². The summed E-state index contributed by atoms with van der Waals surface area (Å²) in [4.78, 5) is 19.1. The SMILES string of the molecule is CCc1cccc(CC)c1NC(=O)c1ccc(NCCCN(C)C)cn1. The molecule has 0 radical (unpaired) electrons. The van der Waals surface area contributed by atoms with Crippen molar-refractivity contribution in [3.05, 3.63) is 53.3 Å². The van der Waals surface area contributed by atoms with Crippen LogP contribution >= 0.6 is 0 Å². The van der Waals surface area contributed by atoms with Crippen LogP contribution in [0.1, 0.15) is 41.9 Å². The number of carbonyl (C=O) groups is 1. The van der Waals surface area contributed by atoms with E-state index in [4.69, 9.17) is 0 Å². The molecule has 2 rings (SSSR count). The molecule has 0 bridgehead atoms. The van der Waals surface area contributed by atoms with Gasteiger partial charge >= 0.3 is 0 Å². The Kier molecular flexibility index (Phi) is 7.60. The summed E-state index contributed by atoms with van der Waals surface area (Å²) in [6.45, 7) is 6.12. The van der Waals surface area contributed by atoms with Crippen LogP contribution in [-0.2, 0) is 12.8 Å². The molecule has 2 aromatic rings. The van der Waals surface area contributed by atoms with Gasteiger partial charge < -0.3 is 15.5 Å². The van der Waals surface area contributed by atoms with Gasteiger partial charge in [0.2, 0.25) is 0 Å². The highest BCUT2D eigenvalue weighted by Gasteiger charge is 2.12. The number of benzene rings is 1. The van der Waals surface area contributed by atoms with Crippen molar-refractivity contribution >= 4 is 17.3 Å². The van der Waals surface area contributed by atoms with Crippen molar-refractivity contribution in [2.24, 2.45) is 0 Å². The van der Waals surface area contributed by atoms with Gasteiger partial charge in [0, 0.05) is 12.2 Å². The van der Waals surface area contributed by atoms with Gasteiger partial charge in [-0.3, -0.25) is 4.79 Å². The lowest BCUT2D eigenvalue weighted by molar-refractivity contribution is 0.102. The van der Waals surface area contributed by atoms with E-state index in [1.165, 1.54) is 0 Å². The number of para-hydroxylation sites is 1. The molecule has 26 heavy (non-hydrogen) atoms. The maximum Gasteiger partial charge on any atom is 0.274 e. The Morgan fingerprint density at radius 3 is 2.31 bits per heavy atom. The first-order valence-corrected chi connectivity index (χ1v) is 9.31. The monoisotopic (exact) mass is 354 g/mol. The Morgan fingerprint density at radius 2 is 1.77 bits per heavy atom. The normalized spacial score (nSPS) is 10.8. The van der Waals surface area contributed by atoms with Crippen molar-refractivity contribution in [3.8, 4) is 0 Å². The lowest BCUT2D eigenvalue weighted by atomic mass is 10.0.